The number of aromatic nitrogens is 1. The standard InChI is InChI=1S/C20H20N2O2/c23-11-13-5-3-4-12-10-22-9-8-15-14-6-1-2-7-16(14)21-18(15)19(22)20(24)17(12)13/h1-7,19-21,23-24H,8-11H2. The SMILES string of the molecule is OCc1cccc2c1C(O)C1c3[nH]c4ccccc4c3CCN1C2. The monoisotopic (exact) mass is 320 g/mol. The number of aromatic amines is 1. The number of nitrogens with one attached hydrogen (secondary N) is 1. The van der Waals surface area contributed by atoms with Crippen LogP contribution in [0, 0.1) is 0 Å². The molecule has 3 aromatic rings. The van der Waals surface area contributed by atoms with Gasteiger partial charge in [-0.2, -0.15) is 0 Å². The maximum absolute atomic E-state index is 11.2. The largest absolute Gasteiger partial charge is 0.392 e. The highest BCUT2D eigenvalue weighted by molar-refractivity contribution is 5.85. The summed E-state index contributed by atoms with van der Waals surface area (Å²) in [6.45, 7) is 1.73. The summed E-state index contributed by atoms with van der Waals surface area (Å²) in [7, 11) is 0. The van der Waals surface area contributed by atoms with Crippen LogP contribution in [0.2, 0.25) is 0 Å². The summed E-state index contributed by atoms with van der Waals surface area (Å²) in [5, 5.41) is 22.1. The summed E-state index contributed by atoms with van der Waals surface area (Å²) >= 11 is 0. The van der Waals surface area contributed by atoms with Gasteiger partial charge in [-0.15, -0.1) is 0 Å². The highest BCUT2D eigenvalue weighted by atomic mass is 16.3. The second-order valence-corrected chi connectivity index (χ2v) is 6.82. The number of para-hydroxylation sites is 1. The van der Waals surface area contributed by atoms with Crippen molar-refractivity contribution in [1.82, 2.24) is 9.88 Å². The van der Waals surface area contributed by atoms with Crippen molar-refractivity contribution in [1.29, 1.82) is 0 Å². The van der Waals surface area contributed by atoms with Crippen LogP contribution in [0.25, 0.3) is 10.9 Å². The highest BCUT2D eigenvalue weighted by Crippen LogP contribution is 2.46. The van der Waals surface area contributed by atoms with Gasteiger partial charge in [-0.25, -0.2) is 0 Å². The predicted molar refractivity (Wildman–Crippen MR) is 92.5 cm³/mol. The Morgan fingerprint density at radius 1 is 1.12 bits per heavy atom. The van der Waals surface area contributed by atoms with Crippen LogP contribution >= 0.6 is 0 Å². The molecule has 0 aliphatic carbocycles. The minimum absolute atomic E-state index is 0.0352. The number of aliphatic hydroxyl groups is 2. The lowest BCUT2D eigenvalue weighted by Gasteiger charge is -2.43. The van der Waals surface area contributed by atoms with E-state index in [2.05, 4.69) is 34.1 Å². The molecule has 4 nitrogen and oxygen atoms in total. The maximum Gasteiger partial charge on any atom is 0.101 e. The summed E-state index contributed by atoms with van der Waals surface area (Å²) in [6.07, 6.45) is 0.377. The fourth-order valence-electron chi connectivity index (χ4n) is 4.55. The Morgan fingerprint density at radius 3 is 2.88 bits per heavy atom. The van der Waals surface area contributed by atoms with E-state index in [-0.39, 0.29) is 12.6 Å². The molecule has 0 spiro atoms. The van der Waals surface area contributed by atoms with Crippen molar-refractivity contribution in [2.75, 3.05) is 6.54 Å². The Balaban J connectivity index is 1.70. The van der Waals surface area contributed by atoms with Crippen LogP contribution in [-0.2, 0) is 19.6 Å². The lowest BCUT2D eigenvalue weighted by molar-refractivity contribution is 0.0174. The van der Waals surface area contributed by atoms with Crippen LogP contribution in [0.4, 0.5) is 0 Å². The van der Waals surface area contributed by atoms with E-state index in [1.165, 1.54) is 10.9 Å². The summed E-state index contributed by atoms with van der Waals surface area (Å²) in [4.78, 5) is 5.90. The van der Waals surface area contributed by atoms with Crippen LogP contribution in [0.3, 0.4) is 0 Å². The number of fused-ring (bicyclic) bond motifs is 6. The van der Waals surface area contributed by atoms with Crippen molar-refractivity contribution in [3.63, 3.8) is 0 Å². The first-order valence-electron chi connectivity index (χ1n) is 8.51. The number of rotatable bonds is 1. The molecule has 0 bridgehead atoms. The van der Waals surface area contributed by atoms with Crippen LogP contribution in [-0.4, -0.2) is 26.6 Å². The quantitative estimate of drug-likeness (QED) is 0.646. The first kappa shape index (κ1) is 14.2. The van der Waals surface area contributed by atoms with Crippen molar-refractivity contribution in [3.8, 4) is 0 Å². The minimum Gasteiger partial charge on any atom is -0.392 e. The fourth-order valence-corrected chi connectivity index (χ4v) is 4.55. The van der Waals surface area contributed by atoms with Crippen molar-refractivity contribution < 1.29 is 10.2 Å². The lowest BCUT2D eigenvalue weighted by Crippen LogP contribution is -2.42. The summed E-state index contributed by atoms with van der Waals surface area (Å²) < 4.78 is 0. The number of hydrogen-bond donors (Lipinski definition) is 3. The van der Waals surface area contributed by atoms with Gasteiger partial charge in [0.2, 0.25) is 0 Å². The van der Waals surface area contributed by atoms with Gasteiger partial charge in [0.15, 0.2) is 0 Å². The molecule has 0 fully saturated rings. The Morgan fingerprint density at radius 2 is 2.00 bits per heavy atom. The number of aliphatic hydroxyl groups excluding tert-OH is 2. The number of benzene rings is 2. The van der Waals surface area contributed by atoms with Gasteiger partial charge >= 0.3 is 0 Å². The van der Waals surface area contributed by atoms with E-state index in [1.54, 1.807) is 0 Å². The van der Waals surface area contributed by atoms with Crippen molar-refractivity contribution in [2.24, 2.45) is 0 Å². The minimum atomic E-state index is -0.621. The Kier molecular flexibility index (Phi) is 3.07. The van der Waals surface area contributed by atoms with Crippen LogP contribution in [0.1, 0.15) is 40.1 Å². The van der Waals surface area contributed by atoms with Gasteiger partial charge in [0.05, 0.1) is 12.6 Å². The molecule has 0 saturated carbocycles. The van der Waals surface area contributed by atoms with E-state index in [4.69, 9.17) is 0 Å². The smallest absolute Gasteiger partial charge is 0.101 e. The highest BCUT2D eigenvalue weighted by Gasteiger charge is 2.40. The van der Waals surface area contributed by atoms with E-state index in [1.807, 2.05) is 18.2 Å². The van der Waals surface area contributed by atoms with Gasteiger partial charge in [0.1, 0.15) is 6.10 Å². The third-order valence-electron chi connectivity index (χ3n) is 5.61. The van der Waals surface area contributed by atoms with Gasteiger partial charge in [0.25, 0.3) is 0 Å². The summed E-state index contributed by atoms with van der Waals surface area (Å²) in [6, 6.07) is 14.2. The topological polar surface area (TPSA) is 59.5 Å². The molecule has 122 valence electrons. The molecule has 3 heterocycles. The molecule has 0 saturated heterocycles. The Labute approximate surface area is 140 Å². The van der Waals surface area contributed by atoms with E-state index in [9.17, 15) is 10.2 Å². The number of H-pyrrole nitrogens is 1. The molecule has 5 rings (SSSR count). The first-order valence-corrected chi connectivity index (χ1v) is 8.51. The zero-order chi connectivity index (χ0) is 16.3. The molecule has 2 aliphatic heterocycles. The van der Waals surface area contributed by atoms with Gasteiger partial charge < -0.3 is 15.2 Å². The third kappa shape index (κ3) is 1.85. The predicted octanol–water partition coefficient (Wildman–Crippen LogP) is 2.81. The molecule has 1 aromatic heterocycles. The fraction of sp³-hybridized carbons (Fsp3) is 0.300. The zero-order valence-corrected chi connectivity index (χ0v) is 13.4. The van der Waals surface area contributed by atoms with Gasteiger partial charge in [0, 0.05) is 29.7 Å². The van der Waals surface area contributed by atoms with Gasteiger partial charge in [-0.3, -0.25) is 4.90 Å². The van der Waals surface area contributed by atoms with E-state index in [0.29, 0.717) is 0 Å². The molecular weight excluding hydrogens is 300 g/mol. The number of nitrogens with zero attached hydrogens (tertiary/aromatic N) is 1. The van der Waals surface area contributed by atoms with Crippen molar-refractivity contribution in [2.45, 2.75) is 31.7 Å². The van der Waals surface area contributed by atoms with Crippen molar-refractivity contribution in [3.05, 3.63) is 70.4 Å². The Hall–Kier alpha value is -2.14. The zero-order valence-electron chi connectivity index (χ0n) is 13.4. The third-order valence-corrected chi connectivity index (χ3v) is 5.61. The normalized spacial score (nSPS) is 22.9. The first-order chi connectivity index (χ1) is 11.8. The molecular formula is C20H20N2O2. The van der Waals surface area contributed by atoms with Crippen LogP contribution in [0.5, 0.6) is 0 Å². The summed E-state index contributed by atoms with van der Waals surface area (Å²) in [5.74, 6) is 0. The molecule has 3 N–H and O–H groups in total. The van der Waals surface area contributed by atoms with E-state index in [0.717, 1.165) is 47.4 Å². The summed E-state index contributed by atoms with van der Waals surface area (Å²) in [5.41, 5.74) is 6.47. The second-order valence-electron chi connectivity index (χ2n) is 6.82. The van der Waals surface area contributed by atoms with Gasteiger partial charge in [-0.1, -0.05) is 36.4 Å². The lowest BCUT2D eigenvalue weighted by atomic mass is 9.83. The van der Waals surface area contributed by atoms with Crippen LogP contribution in [0.15, 0.2) is 42.5 Å². The van der Waals surface area contributed by atoms with Crippen molar-refractivity contribution >= 4 is 10.9 Å². The molecule has 0 amide bonds. The number of hydrogen-bond acceptors (Lipinski definition) is 3. The maximum atomic E-state index is 11.2. The molecule has 2 aromatic carbocycles. The Bertz CT molecular complexity index is 931. The molecule has 0 radical (unpaired) electrons. The molecule has 4 heteroatoms. The molecule has 2 atom stereocenters. The molecule has 24 heavy (non-hydrogen) atoms. The van der Waals surface area contributed by atoms with Gasteiger partial charge in [-0.05, 0) is 34.7 Å². The second kappa shape index (κ2) is 5.18. The average molecular weight is 320 g/mol. The van der Waals surface area contributed by atoms with E-state index >= 15 is 0 Å². The molecule has 2 unspecified atom stereocenters. The molecule has 2 aliphatic rings. The average Bonchev–Trinajstić information content (AvgIpc) is 2.99. The van der Waals surface area contributed by atoms with Crippen LogP contribution < -0.4 is 0 Å². The van der Waals surface area contributed by atoms with E-state index < -0.39 is 6.10 Å².